The van der Waals surface area contributed by atoms with Crippen LogP contribution in [0.3, 0.4) is 0 Å². The molecule has 0 heterocycles. The minimum atomic E-state index is -0.144. The van der Waals surface area contributed by atoms with Gasteiger partial charge in [-0.25, -0.2) is 0 Å². The van der Waals surface area contributed by atoms with Gasteiger partial charge in [0.2, 0.25) is 0 Å². The van der Waals surface area contributed by atoms with Gasteiger partial charge in [0.25, 0.3) is 5.91 Å². The largest absolute Gasteiger partial charge is 0.349 e. The highest BCUT2D eigenvalue weighted by atomic mass is 16.1. The van der Waals surface area contributed by atoms with Crippen LogP contribution in [-0.2, 0) is 6.42 Å². The minimum absolute atomic E-state index is 0.144. The molecule has 0 aliphatic rings. The number of benzene rings is 1. The van der Waals surface area contributed by atoms with E-state index in [-0.39, 0.29) is 5.91 Å². The summed E-state index contributed by atoms with van der Waals surface area (Å²) in [4.78, 5) is 11.5. The maximum absolute atomic E-state index is 11.5. The molecule has 1 aromatic rings. The number of hydrogen-bond acceptors (Lipinski definition) is 2. The Kier molecular flexibility index (Phi) is 4.11. The van der Waals surface area contributed by atoms with Crippen molar-refractivity contribution < 1.29 is 4.79 Å². The summed E-state index contributed by atoms with van der Waals surface area (Å²) in [6, 6.07) is 9.09. The van der Waals surface area contributed by atoms with Crippen molar-refractivity contribution in [2.24, 2.45) is 0 Å². The molecule has 0 aliphatic carbocycles. The molecule has 0 aromatic heterocycles. The van der Waals surface area contributed by atoms with E-state index in [1.165, 1.54) is 0 Å². The quantitative estimate of drug-likeness (QED) is 0.751. The van der Waals surface area contributed by atoms with Crippen molar-refractivity contribution in [2.75, 3.05) is 6.54 Å². The van der Waals surface area contributed by atoms with Gasteiger partial charge in [-0.3, -0.25) is 4.79 Å². The molecule has 0 radical (unpaired) electrons. The molecular weight excluding hydrogens is 188 g/mol. The highest BCUT2D eigenvalue weighted by Gasteiger charge is 2.04. The summed E-state index contributed by atoms with van der Waals surface area (Å²) in [5.41, 5.74) is 1.42. The summed E-state index contributed by atoms with van der Waals surface area (Å²) >= 11 is 0. The van der Waals surface area contributed by atoms with Crippen LogP contribution in [0.4, 0.5) is 0 Å². The minimum Gasteiger partial charge on any atom is -0.349 e. The monoisotopic (exact) mass is 200 g/mol. The highest BCUT2D eigenvalue weighted by molar-refractivity contribution is 5.94. The van der Waals surface area contributed by atoms with Crippen molar-refractivity contribution in [2.45, 2.75) is 6.42 Å². The van der Waals surface area contributed by atoms with Crippen LogP contribution in [0.1, 0.15) is 15.9 Å². The van der Waals surface area contributed by atoms with Gasteiger partial charge in [0.05, 0.1) is 12.5 Å². The maximum atomic E-state index is 11.5. The van der Waals surface area contributed by atoms with E-state index in [2.05, 4.69) is 11.9 Å². The SMILES string of the molecule is C=CCNC(=O)c1cccc(CC#N)c1. The molecule has 0 bridgehead atoms. The van der Waals surface area contributed by atoms with Crippen molar-refractivity contribution in [1.82, 2.24) is 5.32 Å². The van der Waals surface area contributed by atoms with Crippen LogP contribution in [0.2, 0.25) is 0 Å². The Balaban J connectivity index is 2.76. The lowest BCUT2D eigenvalue weighted by molar-refractivity contribution is 0.0958. The van der Waals surface area contributed by atoms with Crippen LogP contribution in [-0.4, -0.2) is 12.5 Å². The third kappa shape index (κ3) is 3.28. The zero-order valence-corrected chi connectivity index (χ0v) is 8.36. The Morgan fingerprint density at radius 3 is 3.07 bits per heavy atom. The van der Waals surface area contributed by atoms with Crippen molar-refractivity contribution in [3.05, 3.63) is 48.0 Å². The standard InChI is InChI=1S/C12H12N2O/c1-2-8-14-12(15)11-5-3-4-10(9-11)6-7-13/h2-5,9H,1,6,8H2,(H,14,15). The Hall–Kier alpha value is -2.08. The van der Waals surface area contributed by atoms with E-state index in [1.54, 1.807) is 24.3 Å². The summed E-state index contributed by atoms with van der Waals surface area (Å²) < 4.78 is 0. The number of carbonyl (C=O) groups is 1. The molecular formula is C12H12N2O. The first-order valence-corrected chi connectivity index (χ1v) is 4.63. The Morgan fingerprint density at radius 1 is 1.60 bits per heavy atom. The Bertz CT molecular complexity index is 404. The zero-order chi connectivity index (χ0) is 11.1. The number of hydrogen-bond donors (Lipinski definition) is 1. The van der Waals surface area contributed by atoms with Gasteiger partial charge < -0.3 is 5.32 Å². The van der Waals surface area contributed by atoms with Crippen LogP contribution in [0.25, 0.3) is 0 Å². The molecule has 0 saturated carbocycles. The first kappa shape index (κ1) is 11.0. The number of nitrogens with zero attached hydrogens (tertiary/aromatic N) is 1. The summed E-state index contributed by atoms with van der Waals surface area (Å²) in [5, 5.41) is 11.2. The summed E-state index contributed by atoms with van der Waals surface area (Å²) in [7, 11) is 0. The van der Waals surface area contributed by atoms with E-state index in [1.807, 2.05) is 12.1 Å². The summed E-state index contributed by atoms with van der Waals surface area (Å²) in [5.74, 6) is -0.144. The molecule has 15 heavy (non-hydrogen) atoms. The van der Waals surface area contributed by atoms with Gasteiger partial charge in [0.1, 0.15) is 0 Å². The maximum Gasteiger partial charge on any atom is 0.251 e. The van der Waals surface area contributed by atoms with E-state index in [4.69, 9.17) is 5.26 Å². The molecule has 1 aromatic carbocycles. The molecule has 76 valence electrons. The fourth-order valence-corrected chi connectivity index (χ4v) is 1.18. The first-order valence-electron chi connectivity index (χ1n) is 4.63. The number of amides is 1. The van der Waals surface area contributed by atoms with Gasteiger partial charge in [-0.1, -0.05) is 18.2 Å². The summed E-state index contributed by atoms with van der Waals surface area (Å²) in [6.07, 6.45) is 1.94. The van der Waals surface area contributed by atoms with E-state index < -0.39 is 0 Å². The molecule has 1 N–H and O–H groups in total. The molecule has 1 amide bonds. The molecule has 3 nitrogen and oxygen atoms in total. The van der Waals surface area contributed by atoms with Gasteiger partial charge in [-0.15, -0.1) is 6.58 Å². The molecule has 0 atom stereocenters. The van der Waals surface area contributed by atoms with Crippen LogP contribution in [0.15, 0.2) is 36.9 Å². The van der Waals surface area contributed by atoms with Gasteiger partial charge in [-0.05, 0) is 17.7 Å². The highest BCUT2D eigenvalue weighted by Crippen LogP contribution is 2.05. The van der Waals surface area contributed by atoms with Crippen molar-refractivity contribution in [3.63, 3.8) is 0 Å². The fourth-order valence-electron chi connectivity index (χ4n) is 1.18. The van der Waals surface area contributed by atoms with Crippen LogP contribution in [0, 0.1) is 11.3 Å². The molecule has 0 unspecified atom stereocenters. The van der Waals surface area contributed by atoms with E-state index in [0.29, 0.717) is 18.5 Å². The van der Waals surface area contributed by atoms with Crippen LogP contribution in [0.5, 0.6) is 0 Å². The fraction of sp³-hybridized carbons (Fsp3) is 0.167. The zero-order valence-electron chi connectivity index (χ0n) is 8.36. The predicted molar refractivity (Wildman–Crippen MR) is 58.3 cm³/mol. The van der Waals surface area contributed by atoms with E-state index in [9.17, 15) is 4.79 Å². The van der Waals surface area contributed by atoms with Crippen LogP contribution < -0.4 is 5.32 Å². The van der Waals surface area contributed by atoms with E-state index in [0.717, 1.165) is 5.56 Å². The first-order chi connectivity index (χ1) is 7.27. The van der Waals surface area contributed by atoms with Gasteiger partial charge >= 0.3 is 0 Å². The average Bonchev–Trinajstić information content (AvgIpc) is 2.27. The third-order valence-corrected chi connectivity index (χ3v) is 1.88. The van der Waals surface area contributed by atoms with Gasteiger partial charge in [0.15, 0.2) is 0 Å². The molecule has 1 rings (SSSR count). The number of rotatable bonds is 4. The molecule has 3 heteroatoms. The average molecular weight is 200 g/mol. The van der Waals surface area contributed by atoms with Gasteiger partial charge in [0, 0.05) is 12.1 Å². The normalized spacial score (nSPS) is 9.00. The lowest BCUT2D eigenvalue weighted by Gasteiger charge is -2.03. The second-order valence-electron chi connectivity index (χ2n) is 3.03. The Labute approximate surface area is 89.0 Å². The predicted octanol–water partition coefficient (Wildman–Crippen LogP) is 1.67. The lowest BCUT2D eigenvalue weighted by Crippen LogP contribution is -2.23. The Morgan fingerprint density at radius 2 is 2.40 bits per heavy atom. The second-order valence-corrected chi connectivity index (χ2v) is 3.03. The van der Waals surface area contributed by atoms with Crippen molar-refractivity contribution in [1.29, 1.82) is 5.26 Å². The molecule has 0 saturated heterocycles. The number of nitrogens with one attached hydrogen (secondary N) is 1. The molecule has 0 spiro atoms. The third-order valence-electron chi connectivity index (χ3n) is 1.88. The van der Waals surface area contributed by atoms with E-state index >= 15 is 0 Å². The topological polar surface area (TPSA) is 52.9 Å². The lowest BCUT2D eigenvalue weighted by atomic mass is 10.1. The number of nitriles is 1. The second kappa shape index (κ2) is 5.61. The molecule has 0 aliphatic heterocycles. The number of carbonyl (C=O) groups excluding carboxylic acids is 1. The van der Waals surface area contributed by atoms with Crippen LogP contribution >= 0.6 is 0 Å². The van der Waals surface area contributed by atoms with Gasteiger partial charge in [-0.2, -0.15) is 5.26 Å². The van der Waals surface area contributed by atoms with Crippen molar-refractivity contribution in [3.8, 4) is 6.07 Å². The molecule has 0 fully saturated rings. The summed E-state index contributed by atoms with van der Waals surface area (Å²) in [6.45, 7) is 3.96. The van der Waals surface area contributed by atoms with Crippen molar-refractivity contribution >= 4 is 5.91 Å². The smallest absolute Gasteiger partial charge is 0.251 e.